The first kappa shape index (κ1) is 24.7. The first-order valence-corrected chi connectivity index (χ1v) is 11.2. The van der Waals surface area contributed by atoms with Crippen molar-refractivity contribution in [3.8, 4) is 5.69 Å². The number of imidazole rings is 1. The number of aliphatic hydroxyl groups excluding tert-OH is 1. The van der Waals surface area contributed by atoms with Gasteiger partial charge >= 0.3 is 0 Å². The van der Waals surface area contributed by atoms with Crippen LogP contribution in [0.3, 0.4) is 0 Å². The van der Waals surface area contributed by atoms with Gasteiger partial charge in [-0.3, -0.25) is 4.79 Å². The van der Waals surface area contributed by atoms with E-state index in [2.05, 4.69) is 4.98 Å². The maximum atomic E-state index is 14.8. The highest BCUT2D eigenvalue weighted by molar-refractivity contribution is 5.99. The largest absolute Gasteiger partial charge is 0.391 e. The number of halogens is 4. The van der Waals surface area contributed by atoms with Crippen LogP contribution in [0.1, 0.15) is 43.1 Å². The van der Waals surface area contributed by atoms with Gasteiger partial charge in [0.1, 0.15) is 5.82 Å². The number of hydrogen-bond donors (Lipinski definition) is 1. The number of piperidine rings is 1. The second kappa shape index (κ2) is 9.65. The Labute approximate surface area is 200 Å². The lowest BCUT2D eigenvalue weighted by Crippen LogP contribution is -2.46. The summed E-state index contributed by atoms with van der Waals surface area (Å²) < 4.78 is 57.7. The van der Waals surface area contributed by atoms with Crippen molar-refractivity contribution in [3.05, 3.63) is 88.5 Å². The molecule has 3 atom stereocenters. The number of hydrogen-bond acceptors (Lipinski definition) is 3. The number of likely N-dealkylation sites (tertiary alicyclic amines) is 1. The summed E-state index contributed by atoms with van der Waals surface area (Å²) in [7, 11) is 0. The molecule has 184 valence electrons. The van der Waals surface area contributed by atoms with Gasteiger partial charge in [-0.1, -0.05) is 13.0 Å². The van der Waals surface area contributed by atoms with E-state index < -0.39 is 41.3 Å². The van der Waals surface area contributed by atoms with Gasteiger partial charge in [0.05, 0.1) is 29.9 Å². The zero-order chi connectivity index (χ0) is 25.4. The quantitative estimate of drug-likeness (QED) is 0.309. The highest BCUT2D eigenvalue weighted by Gasteiger charge is 2.36. The molecule has 1 fully saturated rings. The number of aromatic nitrogens is 2. The molecule has 9 heteroatoms. The molecule has 0 saturated carbocycles. The lowest BCUT2D eigenvalue weighted by atomic mass is 9.89. The molecule has 0 unspecified atom stereocenters. The third-order valence-corrected chi connectivity index (χ3v) is 6.06. The molecule has 1 aromatic heterocycles. The van der Waals surface area contributed by atoms with Crippen LogP contribution >= 0.6 is 0 Å². The lowest BCUT2D eigenvalue weighted by molar-refractivity contribution is -0.135. The normalized spacial score (nSPS) is 19.3. The molecule has 1 aliphatic heterocycles. The number of rotatable bonds is 5. The Morgan fingerprint density at radius 2 is 1.80 bits per heavy atom. The van der Waals surface area contributed by atoms with E-state index in [0.29, 0.717) is 23.2 Å². The number of carbonyl (C=O) groups is 1. The molecule has 3 aromatic rings. The monoisotopic (exact) mass is 487 g/mol. The van der Waals surface area contributed by atoms with E-state index in [4.69, 9.17) is 0 Å². The minimum absolute atomic E-state index is 0.0478. The number of amides is 1. The number of aliphatic hydroxyl groups is 1. The third kappa shape index (κ3) is 5.00. The molecule has 1 aliphatic rings. The fourth-order valence-corrected chi connectivity index (χ4v) is 4.53. The summed E-state index contributed by atoms with van der Waals surface area (Å²) in [4.78, 5) is 18.8. The fraction of sp³-hybridized carbons (Fsp3) is 0.308. The summed E-state index contributed by atoms with van der Waals surface area (Å²) in [5.41, 5.74) is 1.83. The molecule has 1 N–H and O–H groups in total. The maximum Gasteiger partial charge on any atom is 0.250 e. The molecule has 1 saturated heterocycles. The van der Waals surface area contributed by atoms with Gasteiger partial charge < -0.3 is 14.6 Å². The lowest BCUT2D eigenvalue weighted by Gasteiger charge is -2.40. The first-order chi connectivity index (χ1) is 16.5. The van der Waals surface area contributed by atoms with Gasteiger partial charge in [0.15, 0.2) is 17.5 Å². The summed E-state index contributed by atoms with van der Waals surface area (Å²) >= 11 is 0. The number of nitrogens with zero attached hydrogens (tertiary/aromatic N) is 3. The Bertz CT molecular complexity index is 1280. The standard InChI is InChI=1S/C26H25F4N3O2/c1-14-6-19(7-17-4-5-23(20(27)8-17)32-12-15(2)31-13-32)26(35)33(11-14)25(16(3)34)18-9-21(28)24(30)22(29)10-18/h4-5,7-10,12-14,16,25,34H,6,11H2,1-3H3/t14-,16-,25+/m1/s1. The van der Waals surface area contributed by atoms with Gasteiger partial charge in [0, 0.05) is 18.3 Å². The van der Waals surface area contributed by atoms with E-state index in [0.717, 1.165) is 17.8 Å². The molecule has 4 rings (SSSR count). The second-order valence-corrected chi connectivity index (χ2v) is 9.05. The molecule has 0 spiro atoms. The molecular weight excluding hydrogens is 462 g/mol. The minimum Gasteiger partial charge on any atom is -0.391 e. The SMILES string of the molecule is Cc1cn(-c2ccc(C=C3C[C@@H](C)CN([C@H](c4cc(F)c(F)c(F)c4)[C@@H](C)O)C3=O)cc2F)cn1. The molecule has 2 aromatic carbocycles. The molecule has 35 heavy (non-hydrogen) atoms. The Morgan fingerprint density at radius 3 is 2.37 bits per heavy atom. The van der Waals surface area contributed by atoms with Crippen LogP contribution in [0.2, 0.25) is 0 Å². The van der Waals surface area contributed by atoms with Crippen molar-refractivity contribution in [1.82, 2.24) is 14.5 Å². The zero-order valence-electron chi connectivity index (χ0n) is 19.5. The summed E-state index contributed by atoms with van der Waals surface area (Å²) in [6.45, 7) is 5.30. The Morgan fingerprint density at radius 1 is 1.11 bits per heavy atom. The van der Waals surface area contributed by atoms with Crippen molar-refractivity contribution < 1.29 is 27.5 Å². The van der Waals surface area contributed by atoms with E-state index in [1.807, 2.05) is 6.92 Å². The summed E-state index contributed by atoms with van der Waals surface area (Å²) in [5, 5.41) is 10.4. The molecule has 0 radical (unpaired) electrons. The van der Waals surface area contributed by atoms with Crippen molar-refractivity contribution in [2.24, 2.45) is 5.92 Å². The average molecular weight is 487 g/mol. The maximum absolute atomic E-state index is 14.8. The fourth-order valence-electron chi connectivity index (χ4n) is 4.53. The van der Waals surface area contributed by atoms with E-state index in [-0.39, 0.29) is 18.0 Å². The van der Waals surface area contributed by atoms with Crippen LogP contribution in [0.25, 0.3) is 11.8 Å². The van der Waals surface area contributed by atoms with Gasteiger partial charge in [0.2, 0.25) is 5.91 Å². The van der Waals surface area contributed by atoms with Crippen molar-refractivity contribution in [2.75, 3.05) is 6.54 Å². The highest BCUT2D eigenvalue weighted by Crippen LogP contribution is 2.34. The van der Waals surface area contributed by atoms with Gasteiger partial charge in [-0.2, -0.15) is 0 Å². The minimum atomic E-state index is -1.62. The molecule has 1 amide bonds. The van der Waals surface area contributed by atoms with Crippen molar-refractivity contribution in [2.45, 2.75) is 39.3 Å². The highest BCUT2D eigenvalue weighted by atomic mass is 19.2. The van der Waals surface area contributed by atoms with Gasteiger partial charge in [-0.25, -0.2) is 22.5 Å². The number of carbonyl (C=O) groups excluding carboxylic acids is 1. The third-order valence-electron chi connectivity index (χ3n) is 6.06. The van der Waals surface area contributed by atoms with Crippen LogP contribution < -0.4 is 0 Å². The van der Waals surface area contributed by atoms with Crippen LogP contribution in [-0.2, 0) is 4.79 Å². The molecule has 5 nitrogen and oxygen atoms in total. The van der Waals surface area contributed by atoms with Gasteiger partial charge in [-0.15, -0.1) is 0 Å². The summed E-state index contributed by atoms with van der Waals surface area (Å²) in [5.74, 6) is -5.41. The Balaban J connectivity index is 1.67. The van der Waals surface area contributed by atoms with Crippen LogP contribution in [0.5, 0.6) is 0 Å². The molecule has 0 aliphatic carbocycles. The topological polar surface area (TPSA) is 58.4 Å². The van der Waals surface area contributed by atoms with Gasteiger partial charge in [-0.05, 0) is 67.7 Å². The average Bonchev–Trinajstić information content (AvgIpc) is 3.21. The Hall–Kier alpha value is -3.46. The summed E-state index contributed by atoms with van der Waals surface area (Å²) in [6, 6.07) is 5.05. The van der Waals surface area contributed by atoms with E-state index in [9.17, 15) is 27.5 Å². The van der Waals surface area contributed by atoms with E-state index >= 15 is 0 Å². The van der Waals surface area contributed by atoms with Crippen molar-refractivity contribution >= 4 is 12.0 Å². The van der Waals surface area contributed by atoms with Crippen LogP contribution in [0, 0.1) is 36.1 Å². The smallest absolute Gasteiger partial charge is 0.250 e. The zero-order valence-corrected chi connectivity index (χ0v) is 19.5. The Kier molecular flexibility index (Phi) is 6.80. The van der Waals surface area contributed by atoms with Crippen molar-refractivity contribution in [3.63, 3.8) is 0 Å². The first-order valence-electron chi connectivity index (χ1n) is 11.2. The summed E-state index contributed by atoms with van der Waals surface area (Å²) in [6.07, 6.45) is 3.98. The second-order valence-electron chi connectivity index (χ2n) is 9.05. The van der Waals surface area contributed by atoms with Gasteiger partial charge in [0.25, 0.3) is 0 Å². The van der Waals surface area contributed by atoms with Crippen LogP contribution in [-0.4, -0.2) is 38.1 Å². The van der Waals surface area contributed by atoms with E-state index in [1.165, 1.54) is 24.2 Å². The predicted octanol–water partition coefficient (Wildman–Crippen LogP) is 5.11. The van der Waals surface area contributed by atoms with Crippen molar-refractivity contribution in [1.29, 1.82) is 0 Å². The number of benzene rings is 2. The predicted molar refractivity (Wildman–Crippen MR) is 122 cm³/mol. The number of aryl methyl sites for hydroxylation is 1. The van der Waals surface area contributed by atoms with Crippen LogP contribution in [0.4, 0.5) is 17.6 Å². The molecule has 0 bridgehead atoms. The van der Waals surface area contributed by atoms with E-state index in [1.54, 1.807) is 35.9 Å². The van der Waals surface area contributed by atoms with Crippen LogP contribution in [0.15, 0.2) is 48.4 Å². The molecular formula is C26H25F4N3O2. The molecule has 2 heterocycles.